The Bertz CT molecular complexity index is 462. The maximum Gasteiger partial charge on any atom is 0.128 e. The van der Waals surface area contributed by atoms with E-state index in [-0.39, 0.29) is 6.04 Å². The van der Waals surface area contributed by atoms with E-state index in [1.807, 2.05) is 30.9 Å². The van der Waals surface area contributed by atoms with E-state index >= 15 is 0 Å². The van der Waals surface area contributed by atoms with E-state index in [0.717, 1.165) is 16.7 Å². The number of anilines is 1. The quantitative estimate of drug-likeness (QED) is 0.775. The molecule has 2 heterocycles. The minimum Gasteiger partial charge on any atom is -0.366 e. The third kappa shape index (κ3) is 1.92. The van der Waals surface area contributed by atoms with Crippen molar-refractivity contribution >= 4 is 16.7 Å². The average molecular weight is 205 g/mol. The number of fused-ring (bicyclic) bond motifs is 1. The lowest BCUT2D eigenvalue weighted by molar-refractivity contribution is 0.791. The molecule has 0 aliphatic rings. The molecule has 0 spiro atoms. The molecule has 1 atom stereocenters. The predicted octanol–water partition coefficient (Wildman–Crippen LogP) is 0.727. The summed E-state index contributed by atoms with van der Waals surface area (Å²) in [5.74, 6) is 0.837. The van der Waals surface area contributed by atoms with Crippen molar-refractivity contribution in [3.63, 3.8) is 0 Å². The van der Waals surface area contributed by atoms with Gasteiger partial charge in [-0.2, -0.15) is 5.10 Å². The Morgan fingerprint density at radius 1 is 1.53 bits per heavy atom. The molecule has 2 rings (SSSR count). The fourth-order valence-electron chi connectivity index (χ4n) is 1.44. The summed E-state index contributed by atoms with van der Waals surface area (Å²) in [4.78, 5) is 4.29. The van der Waals surface area contributed by atoms with Crippen molar-refractivity contribution in [1.29, 1.82) is 0 Å². The van der Waals surface area contributed by atoms with Gasteiger partial charge in [-0.1, -0.05) is 0 Å². The number of pyridine rings is 1. The van der Waals surface area contributed by atoms with Gasteiger partial charge in [0.05, 0.1) is 11.7 Å². The minimum absolute atomic E-state index is 0.225. The van der Waals surface area contributed by atoms with E-state index in [1.54, 1.807) is 6.20 Å². The fourth-order valence-corrected chi connectivity index (χ4v) is 1.44. The van der Waals surface area contributed by atoms with Crippen LogP contribution in [0.5, 0.6) is 0 Å². The highest BCUT2D eigenvalue weighted by Gasteiger charge is 2.04. The van der Waals surface area contributed by atoms with Crippen LogP contribution in [0, 0.1) is 0 Å². The SMILES string of the molecule is CC(CN)Nc1cc2c(cn1)cnn2C. The third-order valence-electron chi connectivity index (χ3n) is 2.38. The van der Waals surface area contributed by atoms with Gasteiger partial charge in [-0.05, 0) is 6.92 Å². The number of nitrogens with two attached hydrogens (primary N) is 1. The molecule has 3 N–H and O–H groups in total. The third-order valence-corrected chi connectivity index (χ3v) is 2.38. The first kappa shape index (κ1) is 9.92. The van der Waals surface area contributed by atoms with Crippen molar-refractivity contribution in [3.05, 3.63) is 18.5 Å². The molecule has 0 fully saturated rings. The van der Waals surface area contributed by atoms with Gasteiger partial charge in [0.15, 0.2) is 0 Å². The maximum absolute atomic E-state index is 5.53. The van der Waals surface area contributed by atoms with Crippen LogP contribution in [0.4, 0.5) is 5.82 Å². The lowest BCUT2D eigenvalue weighted by atomic mass is 10.3. The lowest BCUT2D eigenvalue weighted by Gasteiger charge is -2.11. The molecule has 80 valence electrons. The zero-order chi connectivity index (χ0) is 10.8. The molecular formula is C10H15N5. The molecule has 15 heavy (non-hydrogen) atoms. The Balaban J connectivity index is 2.33. The van der Waals surface area contributed by atoms with E-state index in [4.69, 9.17) is 5.73 Å². The highest BCUT2D eigenvalue weighted by molar-refractivity contribution is 5.80. The monoisotopic (exact) mass is 205 g/mol. The van der Waals surface area contributed by atoms with Crippen molar-refractivity contribution in [2.75, 3.05) is 11.9 Å². The van der Waals surface area contributed by atoms with Gasteiger partial charge in [0.1, 0.15) is 5.82 Å². The second-order valence-electron chi connectivity index (χ2n) is 3.68. The molecule has 0 aliphatic carbocycles. The van der Waals surface area contributed by atoms with E-state index < -0.39 is 0 Å². The van der Waals surface area contributed by atoms with Crippen LogP contribution in [-0.2, 0) is 7.05 Å². The van der Waals surface area contributed by atoms with Crippen LogP contribution in [0.1, 0.15) is 6.92 Å². The molecule has 5 nitrogen and oxygen atoms in total. The number of hydrogen-bond acceptors (Lipinski definition) is 4. The Labute approximate surface area is 88.3 Å². The van der Waals surface area contributed by atoms with Crippen LogP contribution in [0.25, 0.3) is 10.9 Å². The van der Waals surface area contributed by atoms with E-state index in [9.17, 15) is 0 Å². The van der Waals surface area contributed by atoms with Gasteiger partial charge in [-0.3, -0.25) is 4.68 Å². The van der Waals surface area contributed by atoms with Crippen molar-refractivity contribution < 1.29 is 0 Å². The molecule has 0 saturated carbocycles. The number of rotatable bonds is 3. The molecule has 0 amide bonds. The van der Waals surface area contributed by atoms with E-state index in [0.29, 0.717) is 6.54 Å². The maximum atomic E-state index is 5.53. The largest absolute Gasteiger partial charge is 0.366 e. The molecule has 0 saturated heterocycles. The molecule has 0 aliphatic heterocycles. The highest BCUT2D eigenvalue weighted by atomic mass is 15.2. The van der Waals surface area contributed by atoms with Crippen LogP contribution in [0.2, 0.25) is 0 Å². The second kappa shape index (κ2) is 3.86. The molecule has 1 unspecified atom stereocenters. The van der Waals surface area contributed by atoms with Gasteiger partial charge in [-0.25, -0.2) is 4.98 Å². The van der Waals surface area contributed by atoms with Gasteiger partial charge in [-0.15, -0.1) is 0 Å². The van der Waals surface area contributed by atoms with Crippen LogP contribution in [0.15, 0.2) is 18.5 Å². The molecule has 0 bridgehead atoms. The van der Waals surface area contributed by atoms with Crippen LogP contribution < -0.4 is 11.1 Å². The number of nitrogens with zero attached hydrogens (tertiary/aromatic N) is 3. The van der Waals surface area contributed by atoms with Gasteiger partial charge in [0.25, 0.3) is 0 Å². The predicted molar refractivity (Wildman–Crippen MR) is 60.6 cm³/mol. The molecule has 2 aromatic rings. The summed E-state index contributed by atoms with van der Waals surface area (Å²) < 4.78 is 1.83. The first-order valence-corrected chi connectivity index (χ1v) is 4.95. The summed E-state index contributed by atoms with van der Waals surface area (Å²) in [7, 11) is 1.92. The normalized spacial score (nSPS) is 13.0. The van der Waals surface area contributed by atoms with Crippen LogP contribution >= 0.6 is 0 Å². The molecular weight excluding hydrogens is 190 g/mol. The molecule has 0 aromatic carbocycles. The Morgan fingerprint density at radius 2 is 2.33 bits per heavy atom. The number of aryl methyl sites for hydroxylation is 1. The summed E-state index contributed by atoms with van der Waals surface area (Å²) in [6.45, 7) is 2.61. The number of hydrogen-bond donors (Lipinski definition) is 2. The van der Waals surface area contributed by atoms with Gasteiger partial charge < -0.3 is 11.1 Å². The van der Waals surface area contributed by atoms with Crippen molar-refractivity contribution in [3.8, 4) is 0 Å². The minimum atomic E-state index is 0.225. The van der Waals surface area contributed by atoms with Gasteiger partial charge in [0, 0.05) is 37.3 Å². The highest BCUT2D eigenvalue weighted by Crippen LogP contribution is 2.15. The lowest BCUT2D eigenvalue weighted by Crippen LogP contribution is -2.25. The zero-order valence-corrected chi connectivity index (χ0v) is 8.94. The second-order valence-corrected chi connectivity index (χ2v) is 3.68. The smallest absolute Gasteiger partial charge is 0.128 e. The Kier molecular flexibility index (Phi) is 2.55. The van der Waals surface area contributed by atoms with E-state index in [2.05, 4.69) is 15.4 Å². The standard InChI is InChI=1S/C10H15N5/c1-7(4-11)14-10-3-9-8(5-12-10)6-13-15(9)2/h3,5-7H,4,11H2,1-2H3,(H,12,14). The average Bonchev–Trinajstić information content (AvgIpc) is 2.60. The first-order valence-electron chi connectivity index (χ1n) is 4.95. The number of nitrogens with one attached hydrogen (secondary N) is 1. The summed E-state index contributed by atoms with van der Waals surface area (Å²) in [5, 5.41) is 8.43. The molecule has 2 aromatic heterocycles. The fraction of sp³-hybridized carbons (Fsp3) is 0.400. The Morgan fingerprint density at radius 3 is 3.07 bits per heavy atom. The van der Waals surface area contributed by atoms with Crippen LogP contribution in [0.3, 0.4) is 0 Å². The molecule has 0 radical (unpaired) electrons. The zero-order valence-electron chi connectivity index (χ0n) is 8.94. The van der Waals surface area contributed by atoms with Crippen LogP contribution in [-0.4, -0.2) is 27.4 Å². The summed E-state index contributed by atoms with van der Waals surface area (Å²) in [5.41, 5.74) is 6.60. The van der Waals surface area contributed by atoms with Gasteiger partial charge >= 0.3 is 0 Å². The summed E-state index contributed by atoms with van der Waals surface area (Å²) in [6.07, 6.45) is 3.62. The number of aromatic nitrogens is 3. The summed E-state index contributed by atoms with van der Waals surface area (Å²) in [6, 6.07) is 2.21. The Hall–Kier alpha value is -1.62. The van der Waals surface area contributed by atoms with Crippen molar-refractivity contribution in [2.24, 2.45) is 12.8 Å². The topological polar surface area (TPSA) is 68.8 Å². The van der Waals surface area contributed by atoms with Gasteiger partial charge in [0.2, 0.25) is 0 Å². The molecule has 5 heteroatoms. The van der Waals surface area contributed by atoms with Crippen molar-refractivity contribution in [1.82, 2.24) is 14.8 Å². The van der Waals surface area contributed by atoms with Crippen molar-refractivity contribution in [2.45, 2.75) is 13.0 Å². The van der Waals surface area contributed by atoms with E-state index in [1.165, 1.54) is 0 Å². The first-order chi connectivity index (χ1) is 7.20. The summed E-state index contributed by atoms with van der Waals surface area (Å²) >= 11 is 0.